The summed E-state index contributed by atoms with van der Waals surface area (Å²) in [5, 5.41) is 0. The number of hydrogen-bond acceptors (Lipinski definition) is 0. The first-order valence-corrected chi connectivity index (χ1v) is 19.8. The van der Waals surface area contributed by atoms with E-state index in [4.69, 9.17) is 0 Å². The summed E-state index contributed by atoms with van der Waals surface area (Å²) in [6, 6.07) is 0.869. The summed E-state index contributed by atoms with van der Waals surface area (Å²) in [6.07, 6.45) is 49.9. The molecule has 0 aliphatic rings. The van der Waals surface area contributed by atoms with Crippen LogP contribution in [0, 0.1) is 0 Å². The van der Waals surface area contributed by atoms with E-state index >= 15 is 0 Å². The van der Waals surface area contributed by atoms with Gasteiger partial charge in [-0.15, -0.1) is 0 Å². The molecule has 0 N–H and O–H groups in total. The second-order valence-corrected chi connectivity index (χ2v) is 15.0. The smallest absolute Gasteiger partial charge is 0.0884 e. The molecule has 0 saturated carbocycles. The molecule has 0 atom stereocenters. The van der Waals surface area contributed by atoms with Crippen LogP contribution in [0.2, 0.25) is 0 Å². The lowest BCUT2D eigenvalue weighted by Crippen LogP contribution is -2.45. The van der Waals surface area contributed by atoms with Crippen molar-refractivity contribution in [2.75, 3.05) is 21.1 Å². The number of hydrogen-bond donors (Lipinski definition) is 0. The number of nitrogens with zero attached hydrogens (tertiary/aromatic N) is 1. The molecular formula is C40H84N+. The first-order valence-electron chi connectivity index (χ1n) is 19.8. The van der Waals surface area contributed by atoms with Gasteiger partial charge in [-0.1, -0.05) is 206 Å². The summed E-state index contributed by atoms with van der Waals surface area (Å²) in [4.78, 5) is 0. The van der Waals surface area contributed by atoms with E-state index in [0.717, 1.165) is 10.5 Å². The van der Waals surface area contributed by atoms with Crippen molar-refractivity contribution in [3.05, 3.63) is 0 Å². The average molecular weight is 579 g/mol. The van der Waals surface area contributed by atoms with Crippen molar-refractivity contribution in [1.82, 2.24) is 0 Å². The molecule has 0 aromatic carbocycles. The fourth-order valence-corrected chi connectivity index (χ4v) is 6.78. The van der Waals surface area contributed by atoms with E-state index in [0.29, 0.717) is 0 Å². The molecule has 0 amide bonds. The van der Waals surface area contributed by atoms with E-state index in [2.05, 4.69) is 35.0 Å². The Morgan fingerprint density at radius 1 is 0.268 bits per heavy atom. The summed E-state index contributed by atoms with van der Waals surface area (Å²) < 4.78 is 1.16. The summed E-state index contributed by atoms with van der Waals surface area (Å²) in [6.45, 7) is 4.62. The number of unbranched alkanes of at least 4 members (excludes halogenated alkanes) is 30. The summed E-state index contributed by atoms with van der Waals surface area (Å²) in [7, 11) is 7.30. The summed E-state index contributed by atoms with van der Waals surface area (Å²) >= 11 is 0. The molecule has 1 nitrogen and oxygen atoms in total. The van der Waals surface area contributed by atoms with Crippen molar-refractivity contribution in [3.8, 4) is 0 Å². The van der Waals surface area contributed by atoms with Crippen LogP contribution in [0.15, 0.2) is 0 Å². The van der Waals surface area contributed by atoms with Gasteiger partial charge in [-0.2, -0.15) is 0 Å². The highest BCUT2D eigenvalue weighted by Crippen LogP contribution is 2.21. The highest BCUT2D eigenvalue weighted by Gasteiger charge is 2.22. The minimum Gasteiger partial charge on any atom is -0.328 e. The lowest BCUT2D eigenvalue weighted by molar-refractivity contribution is -0.896. The zero-order valence-electron chi connectivity index (χ0n) is 30.1. The first kappa shape index (κ1) is 41.0. The van der Waals surface area contributed by atoms with E-state index in [-0.39, 0.29) is 0 Å². The fraction of sp³-hybridized carbons (Fsp3) is 1.00. The highest BCUT2D eigenvalue weighted by molar-refractivity contribution is 4.61. The van der Waals surface area contributed by atoms with Crippen LogP contribution in [0.25, 0.3) is 0 Å². The van der Waals surface area contributed by atoms with Gasteiger partial charge in [0.15, 0.2) is 0 Å². The van der Waals surface area contributed by atoms with E-state index in [1.165, 1.54) is 218 Å². The molecule has 1 heteroatoms. The standard InChI is InChI=1S/C40H84N/c1-6-8-10-12-14-16-18-20-22-24-26-28-30-32-34-36-38-40(41(3,4)5)39-37-35-33-31-29-27-25-23-21-19-17-15-13-11-9-7-2/h40H,6-39H2,1-5H3/q+1. The molecule has 0 bridgehead atoms. The maximum absolute atomic E-state index is 2.43. The lowest BCUT2D eigenvalue weighted by atomic mass is 9.97. The van der Waals surface area contributed by atoms with Crippen molar-refractivity contribution < 1.29 is 4.48 Å². The Morgan fingerprint density at radius 3 is 0.610 bits per heavy atom. The van der Waals surface area contributed by atoms with Gasteiger partial charge in [-0.05, 0) is 25.7 Å². The Morgan fingerprint density at radius 2 is 0.439 bits per heavy atom. The second-order valence-electron chi connectivity index (χ2n) is 15.0. The first-order chi connectivity index (χ1) is 20.0. The molecule has 0 unspecified atom stereocenters. The predicted octanol–water partition coefficient (Wildman–Crippen LogP) is 14.4. The van der Waals surface area contributed by atoms with Gasteiger partial charge in [0.25, 0.3) is 0 Å². The number of quaternary nitrogens is 1. The van der Waals surface area contributed by atoms with Crippen LogP contribution in [-0.2, 0) is 0 Å². The zero-order chi connectivity index (χ0) is 30.1. The molecule has 0 fully saturated rings. The van der Waals surface area contributed by atoms with Gasteiger partial charge in [0.05, 0.1) is 27.2 Å². The SMILES string of the molecule is CCCCCCCCCCCCCCCCCCC(CCCCCCCCCCCCCCCCCC)[N+](C)(C)C. The lowest BCUT2D eigenvalue weighted by Gasteiger charge is -2.34. The Balaban J connectivity index is 3.49. The Bertz CT molecular complexity index is 428. The van der Waals surface area contributed by atoms with Crippen molar-refractivity contribution >= 4 is 0 Å². The van der Waals surface area contributed by atoms with Gasteiger partial charge in [0, 0.05) is 0 Å². The zero-order valence-corrected chi connectivity index (χ0v) is 30.1. The Hall–Kier alpha value is -0.0400. The van der Waals surface area contributed by atoms with Crippen LogP contribution in [-0.4, -0.2) is 31.7 Å². The Kier molecular flexibility index (Phi) is 32.8. The van der Waals surface area contributed by atoms with Gasteiger partial charge in [-0.3, -0.25) is 0 Å². The third-order valence-corrected chi connectivity index (χ3v) is 9.88. The van der Waals surface area contributed by atoms with E-state index in [9.17, 15) is 0 Å². The van der Waals surface area contributed by atoms with Crippen molar-refractivity contribution in [1.29, 1.82) is 0 Å². The molecule has 0 aliphatic carbocycles. The Labute approximate surface area is 263 Å². The predicted molar refractivity (Wildman–Crippen MR) is 190 cm³/mol. The molecule has 0 spiro atoms. The molecule has 0 aromatic heterocycles. The number of rotatable bonds is 35. The molecule has 41 heavy (non-hydrogen) atoms. The molecule has 0 aliphatic heterocycles. The van der Waals surface area contributed by atoms with Crippen LogP contribution in [0.1, 0.15) is 232 Å². The van der Waals surface area contributed by atoms with Crippen molar-refractivity contribution in [3.63, 3.8) is 0 Å². The minimum atomic E-state index is 0.869. The molecule has 0 heterocycles. The van der Waals surface area contributed by atoms with E-state index in [1.807, 2.05) is 0 Å². The van der Waals surface area contributed by atoms with Crippen molar-refractivity contribution in [2.45, 2.75) is 238 Å². The molecule has 0 aromatic rings. The van der Waals surface area contributed by atoms with Gasteiger partial charge in [-0.25, -0.2) is 0 Å². The third-order valence-electron chi connectivity index (χ3n) is 9.88. The van der Waals surface area contributed by atoms with Crippen molar-refractivity contribution in [2.24, 2.45) is 0 Å². The average Bonchev–Trinajstić information content (AvgIpc) is 2.95. The molecule has 0 radical (unpaired) electrons. The topological polar surface area (TPSA) is 0 Å². The quantitative estimate of drug-likeness (QED) is 0.0518. The van der Waals surface area contributed by atoms with E-state index in [1.54, 1.807) is 0 Å². The van der Waals surface area contributed by atoms with Gasteiger partial charge < -0.3 is 4.48 Å². The van der Waals surface area contributed by atoms with Gasteiger partial charge in [0.1, 0.15) is 0 Å². The molecular weight excluding hydrogens is 494 g/mol. The van der Waals surface area contributed by atoms with Crippen LogP contribution in [0.4, 0.5) is 0 Å². The van der Waals surface area contributed by atoms with Crippen LogP contribution < -0.4 is 0 Å². The van der Waals surface area contributed by atoms with Gasteiger partial charge in [0.2, 0.25) is 0 Å². The monoisotopic (exact) mass is 579 g/mol. The van der Waals surface area contributed by atoms with Crippen LogP contribution in [0.5, 0.6) is 0 Å². The second kappa shape index (κ2) is 32.9. The molecule has 0 saturated heterocycles. The summed E-state index contributed by atoms with van der Waals surface area (Å²) in [5.41, 5.74) is 0. The normalized spacial score (nSPS) is 12.1. The molecule has 248 valence electrons. The maximum Gasteiger partial charge on any atom is 0.0884 e. The van der Waals surface area contributed by atoms with E-state index < -0.39 is 0 Å². The third kappa shape index (κ3) is 32.7. The van der Waals surface area contributed by atoms with Crippen LogP contribution in [0.3, 0.4) is 0 Å². The molecule has 0 rings (SSSR count). The van der Waals surface area contributed by atoms with Gasteiger partial charge >= 0.3 is 0 Å². The minimum absolute atomic E-state index is 0.869. The van der Waals surface area contributed by atoms with Crippen LogP contribution >= 0.6 is 0 Å². The largest absolute Gasteiger partial charge is 0.328 e. The highest BCUT2D eigenvalue weighted by atomic mass is 15.3. The summed E-state index contributed by atoms with van der Waals surface area (Å²) in [5.74, 6) is 0. The fourth-order valence-electron chi connectivity index (χ4n) is 6.78. The maximum atomic E-state index is 2.43.